The van der Waals surface area contributed by atoms with Crippen molar-refractivity contribution in [1.82, 2.24) is 0 Å². The van der Waals surface area contributed by atoms with Crippen molar-refractivity contribution in [3.05, 3.63) is 98.3 Å². The van der Waals surface area contributed by atoms with Gasteiger partial charge in [0.05, 0.1) is 10.6 Å². The van der Waals surface area contributed by atoms with E-state index in [2.05, 4.69) is 21.2 Å². The van der Waals surface area contributed by atoms with Crippen molar-refractivity contribution in [1.29, 1.82) is 0 Å². The summed E-state index contributed by atoms with van der Waals surface area (Å²) in [6.07, 6.45) is 0. The number of ketones is 1. The Morgan fingerprint density at radius 2 is 1.64 bits per heavy atom. The van der Waals surface area contributed by atoms with E-state index >= 15 is 0 Å². The molecule has 4 aromatic rings. The number of aryl methyl sites for hydroxylation is 1. The Bertz CT molecular complexity index is 1450. The van der Waals surface area contributed by atoms with Gasteiger partial charge in [0.2, 0.25) is 15.6 Å². The number of hydrogen-bond donors (Lipinski definition) is 2. The SMILES string of the molecule is Cc1ccccc1Nc1sc(C(=O)c2ccc(Cl)cc2)c(N)c1S(=O)(=O)c1ccc(Br)cc1. The molecule has 0 unspecified atom stereocenters. The van der Waals surface area contributed by atoms with Crippen molar-refractivity contribution in [3.8, 4) is 0 Å². The van der Waals surface area contributed by atoms with E-state index in [9.17, 15) is 13.2 Å². The first kappa shape index (κ1) is 23.5. The van der Waals surface area contributed by atoms with E-state index in [1.54, 1.807) is 36.4 Å². The number of nitrogens with two attached hydrogens (primary N) is 1. The lowest BCUT2D eigenvalue weighted by atomic mass is 10.1. The average Bonchev–Trinajstić information content (AvgIpc) is 3.12. The number of halogens is 2. The van der Waals surface area contributed by atoms with Crippen LogP contribution in [0.3, 0.4) is 0 Å². The molecule has 0 spiro atoms. The summed E-state index contributed by atoms with van der Waals surface area (Å²) in [6.45, 7) is 1.90. The van der Waals surface area contributed by atoms with Gasteiger partial charge in [0.25, 0.3) is 0 Å². The number of carbonyl (C=O) groups is 1. The molecule has 0 amide bonds. The van der Waals surface area contributed by atoms with Crippen LogP contribution in [-0.2, 0) is 9.84 Å². The number of nitrogens with one attached hydrogen (secondary N) is 1. The van der Waals surface area contributed by atoms with Crippen molar-refractivity contribution in [2.75, 3.05) is 11.1 Å². The van der Waals surface area contributed by atoms with Gasteiger partial charge in [0.1, 0.15) is 14.8 Å². The Morgan fingerprint density at radius 1 is 1.00 bits per heavy atom. The lowest BCUT2D eigenvalue weighted by molar-refractivity contribution is 0.104. The van der Waals surface area contributed by atoms with Gasteiger partial charge >= 0.3 is 0 Å². The van der Waals surface area contributed by atoms with Gasteiger partial charge in [-0.3, -0.25) is 4.79 Å². The predicted octanol–water partition coefficient (Wildman–Crippen LogP) is 6.86. The highest BCUT2D eigenvalue weighted by atomic mass is 79.9. The second kappa shape index (κ2) is 9.30. The van der Waals surface area contributed by atoms with Crippen LogP contribution in [0, 0.1) is 6.92 Å². The molecule has 0 atom stereocenters. The third-order valence-electron chi connectivity index (χ3n) is 5.00. The molecule has 0 bridgehead atoms. The van der Waals surface area contributed by atoms with Crippen LogP contribution >= 0.6 is 38.9 Å². The average molecular weight is 562 g/mol. The van der Waals surface area contributed by atoms with Gasteiger partial charge in [-0.2, -0.15) is 0 Å². The standard InChI is InChI=1S/C24H18BrClN2O3S2/c1-14-4-2-3-5-19(14)28-24-23(33(30,31)18-12-8-16(25)9-13-18)20(27)22(32-24)21(29)15-6-10-17(26)11-7-15/h2-13,28H,27H2,1H3. The van der Waals surface area contributed by atoms with Crippen LogP contribution in [0.15, 0.2) is 87.1 Å². The Labute approximate surface area is 209 Å². The van der Waals surface area contributed by atoms with Crippen LogP contribution < -0.4 is 11.1 Å². The molecule has 1 heterocycles. The van der Waals surface area contributed by atoms with Gasteiger partial charge in [-0.25, -0.2) is 8.42 Å². The highest BCUT2D eigenvalue weighted by Gasteiger charge is 2.31. The summed E-state index contributed by atoms with van der Waals surface area (Å²) >= 11 is 10.3. The summed E-state index contributed by atoms with van der Waals surface area (Å²) in [6, 6.07) is 20.1. The number of rotatable bonds is 6. The molecule has 0 aliphatic carbocycles. The van der Waals surface area contributed by atoms with E-state index in [1.165, 1.54) is 12.1 Å². The smallest absolute Gasteiger partial charge is 0.211 e. The second-order valence-electron chi connectivity index (χ2n) is 7.24. The fraction of sp³-hybridized carbons (Fsp3) is 0.0417. The summed E-state index contributed by atoms with van der Waals surface area (Å²) < 4.78 is 28.0. The maximum Gasteiger partial charge on any atom is 0.211 e. The molecule has 3 aromatic carbocycles. The number of benzene rings is 3. The van der Waals surface area contributed by atoms with Gasteiger partial charge in [0.15, 0.2) is 0 Å². The zero-order valence-corrected chi connectivity index (χ0v) is 21.3. The minimum Gasteiger partial charge on any atom is -0.396 e. The molecule has 0 fully saturated rings. The first-order chi connectivity index (χ1) is 15.7. The highest BCUT2D eigenvalue weighted by Crippen LogP contribution is 2.44. The van der Waals surface area contributed by atoms with Gasteiger partial charge in [-0.15, -0.1) is 11.3 Å². The number of anilines is 3. The molecule has 0 saturated heterocycles. The molecular formula is C24H18BrClN2O3S2. The van der Waals surface area contributed by atoms with E-state index in [0.717, 1.165) is 27.1 Å². The van der Waals surface area contributed by atoms with Crippen LogP contribution in [-0.4, -0.2) is 14.2 Å². The molecule has 33 heavy (non-hydrogen) atoms. The zero-order valence-electron chi connectivity index (χ0n) is 17.3. The van der Waals surface area contributed by atoms with Crippen LogP contribution in [0.4, 0.5) is 16.4 Å². The first-order valence-corrected chi connectivity index (χ1v) is 13.2. The zero-order chi connectivity index (χ0) is 23.8. The molecule has 4 rings (SSSR count). The van der Waals surface area contributed by atoms with Gasteiger partial charge < -0.3 is 11.1 Å². The van der Waals surface area contributed by atoms with Crippen molar-refractivity contribution in [2.45, 2.75) is 16.7 Å². The topological polar surface area (TPSA) is 89.3 Å². The molecule has 5 nitrogen and oxygen atoms in total. The van der Waals surface area contributed by atoms with E-state index in [0.29, 0.717) is 10.6 Å². The third kappa shape index (κ3) is 4.70. The van der Waals surface area contributed by atoms with Crippen molar-refractivity contribution in [3.63, 3.8) is 0 Å². The van der Waals surface area contributed by atoms with E-state index in [-0.39, 0.29) is 31.1 Å². The molecule has 0 saturated carbocycles. The quantitative estimate of drug-likeness (QED) is 0.251. The molecular weight excluding hydrogens is 544 g/mol. The Kier molecular flexibility index (Phi) is 6.63. The summed E-state index contributed by atoms with van der Waals surface area (Å²) in [7, 11) is -4.02. The fourth-order valence-corrected chi connectivity index (χ4v) is 6.56. The second-order valence-corrected chi connectivity index (χ2v) is 11.5. The van der Waals surface area contributed by atoms with Crippen molar-refractivity contribution in [2.24, 2.45) is 0 Å². The van der Waals surface area contributed by atoms with Crippen LogP contribution in [0.2, 0.25) is 5.02 Å². The largest absolute Gasteiger partial charge is 0.396 e. The van der Waals surface area contributed by atoms with E-state index in [1.807, 2.05) is 31.2 Å². The van der Waals surface area contributed by atoms with Crippen molar-refractivity contribution < 1.29 is 13.2 Å². The van der Waals surface area contributed by atoms with E-state index in [4.69, 9.17) is 17.3 Å². The van der Waals surface area contributed by atoms with Gasteiger partial charge in [-0.05, 0) is 67.1 Å². The number of sulfone groups is 1. The Hall–Kier alpha value is -2.65. The molecule has 0 aliphatic heterocycles. The van der Waals surface area contributed by atoms with Crippen molar-refractivity contribution >= 4 is 70.9 Å². The number of nitrogen functional groups attached to an aromatic ring is 1. The fourth-order valence-electron chi connectivity index (χ4n) is 3.25. The Balaban J connectivity index is 1.89. The number of hydrogen-bond acceptors (Lipinski definition) is 6. The number of thiophene rings is 1. The van der Waals surface area contributed by atoms with E-state index < -0.39 is 9.84 Å². The molecule has 0 radical (unpaired) electrons. The molecule has 3 N–H and O–H groups in total. The molecule has 1 aromatic heterocycles. The lowest BCUT2D eigenvalue weighted by Gasteiger charge is -2.11. The normalized spacial score (nSPS) is 11.4. The number of para-hydroxylation sites is 1. The van der Waals surface area contributed by atoms with Gasteiger partial charge in [-0.1, -0.05) is 45.7 Å². The number of carbonyl (C=O) groups excluding carboxylic acids is 1. The van der Waals surface area contributed by atoms with Crippen LogP contribution in [0.25, 0.3) is 0 Å². The molecule has 168 valence electrons. The summed E-state index contributed by atoms with van der Waals surface area (Å²) in [5.74, 6) is -0.376. The molecule has 0 aliphatic rings. The predicted molar refractivity (Wildman–Crippen MR) is 138 cm³/mol. The minimum absolute atomic E-state index is 0.0773. The monoisotopic (exact) mass is 560 g/mol. The summed E-state index contributed by atoms with van der Waals surface area (Å²) in [4.78, 5) is 13.3. The minimum atomic E-state index is -4.02. The molecule has 9 heteroatoms. The van der Waals surface area contributed by atoms with Gasteiger partial charge in [0, 0.05) is 20.7 Å². The van der Waals surface area contributed by atoms with Crippen LogP contribution in [0.5, 0.6) is 0 Å². The van der Waals surface area contributed by atoms with Crippen LogP contribution in [0.1, 0.15) is 20.8 Å². The maximum atomic E-state index is 13.6. The summed E-state index contributed by atoms with van der Waals surface area (Å²) in [5.41, 5.74) is 8.27. The Morgan fingerprint density at radius 3 is 2.27 bits per heavy atom. The highest BCUT2D eigenvalue weighted by molar-refractivity contribution is 9.10. The lowest BCUT2D eigenvalue weighted by Crippen LogP contribution is -2.08. The maximum absolute atomic E-state index is 13.6. The third-order valence-corrected chi connectivity index (χ3v) is 8.88. The summed E-state index contributed by atoms with van der Waals surface area (Å²) in [5, 5.41) is 3.95. The first-order valence-electron chi connectivity index (χ1n) is 9.74.